The molecule has 1 fully saturated rings. The summed E-state index contributed by atoms with van der Waals surface area (Å²) < 4.78 is 4.62. The number of Topliss-reactive ketones (excluding diaryl/α,β-unsaturated/α-hetero) is 1. The van der Waals surface area contributed by atoms with Crippen LogP contribution >= 0.6 is 0 Å². The lowest BCUT2D eigenvalue weighted by Gasteiger charge is -2.36. The highest BCUT2D eigenvalue weighted by molar-refractivity contribution is 6.04. The molecule has 0 radical (unpaired) electrons. The van der Waals surface area contributed by atoms with Crippen LogP contribution < -0.4 is 0 Å². The van der Waals surface area contributed by atoms with Crippen LogP contribution in [0.25, 0.3) is 0 Å². The van der Waals surface area contributed by atoms with Gasteiger partial charge < -0.3 is 4.74 Å². The maximum atomic E-state index is 11.4. The van der Waals surface area contributed by atoms with Crippen LogP contribution in [-0.2, 0) is 14.3 Å². The van der Waals surface area contributed by atoms with Gasteiger partial charge in [0.2, 0.25) is 0 Å². The van der Waals surface area contributed by atoms with Gasteiger partial charge in [-0.05, 0) is 12.8 Å². The number of ketones is 1. The van der Waals surface area contributed by atoms with Crippen LogP contribution in [0, 0.1) is 5.41 Å². The number of hydrogen-bond acceptors (Lipinski definition) is 3. The van der Waals surface area contributed by atoms with Gasteiger partial charge in [0.15, 0.2) is 0 Å². The minimum absolute atomic E-state index is 0.0283. The first-order valence-corrected chi connectivity index (χ1v) is 4.29. The van der Waals surface area contributed by atoms with Gasteiger partial charge in [0, 0.05) is 6.42 Å². The van der Waals surface area contributed by atoms with Crippen molar-refractivity contribution in [2.45, 2.75) is 32.6 Å². The fraction of sp³-hybridized carbons (Fsp3) is 0.778. The van der Waals surface area contributed by atoms with Crippen molar-refractivity contribution in [3.05, 3.63) is 0 Å². The quantitative estimate of drug-likeness (QED) is 0.473. The van der Waals surface area contributed by atoms with Crippen molar-refractivity contribution in [2.24, 2.45) is 5.41 Å². The van der Waals surface area contributed by atoms with E-state index in [1.165, 1.54) is 7.11 Å². The zero-order valence-corrected chi connectivity index (χ0v) is 7.55. The minimum atomic E-state index is -0.760. The maximum absolute atomic E-state index is 11.4. The van der Waals surface area contributed by atoms with Gasteiger partial charge in [0.25, 0.3) is 0 Å². The van der Waals surface area contributed by atoms with Crippen molar-refractivity contribution in [2.75, 3.05) is 7.11 Å². The fourth-order valence-corrected chi connectivity index (χ4v) is 1.66. The molecule has 0 heterocycles. The lowest BCUT2D eigenvalue weighted by molar-refractivity contribution is -0.164. The molecule has 12 heavy (non-hydrogen) atoms. The Balaban J connectivity index is 2.75. The Kier molecular flexibility index (Phi) is 2.50. The third kappa shape index (κ3) is 1.13. The highest BCUT2D eigenvalue weighted by Gasteiger charge is 2.50. The van der Waals surface area contributed by atoms with Crippen molar-refractivity contribution < 1.29 is 14.3 Å². The Morgan fingerprint density at radius 2 is 2.00 bits per heavy atom. The molecule has 0 aromatic carbocycles. The second kappa shape index (κ2) is 3.25. The van der Waals surface area contributed by atoms with E-state index in [0.717, 1.165) is 6.42 Å². The molecule has 0 spiro atoms. The molecule has 0 amide bonds. The average Bonchev–Trinajstić information content (AvgIpc) is 2.01. The second-order valence-electron chi connectivity index (χ2n) is 3.20. The summed E-state index contributed by atoms with van der Waals surface area (Å²) >= 11 is 0. The van der Waals surface area contributed by atoms with Crippen LogP contribution in [0.2, 0.25) is 0 Å². The van der Waals surface area contributed by atoms with E-state index in [1.807, 2.05) is 0 Å². The molecule has 1 saturated carbocycles. The molecule has 0 aromatic heterocycles. The summed E-state index contributed by atoms with van der Waals surface area (Å²) in [4.78, 5) is 22.7. The maximum Gasteiger partial charge on any atom is 0.319 e. The third-order valence-electron chi connectivity index (χ3n) is 2.64. The number of methoxy groups -OCH3 is 1. The Hall–Kier alpha value is -0.860. The number of rotatable bonds is 3. The van der Waals surface area contributed by atoms with Crippen LogP contribution in [0.4, 0.5) is 0 Å². The Morgan fingerprint density at radius 3 is 2.25 bits per heavy atom. The summed E-state index contributed by atoms with van der Waals surface area (Å²) in [6.07, 6.45) is 2.73. The first-order valence-electron chi connectivity index (χ1n) is 4.29. The Morgan fingerprint density at radius 1 is 1.42 bits per heavy atom. The minimum Gasteiger partial charge on any atom is -0.468 e. The molecule has 3 heteroatoms. The molecule has 0 aliphatic heterocycles. The molecule has 0 N–H and O–H groups in total. The molecule has 68 valence electrons. The van der Waals surface area contributed by atoms with Crippen molar-refractivity contribution in [3.63, 3.8) is 0 Å². The molecule has 1 aliphatic carbocycles. The van der Waals surface area contributed by atoms with E-state index in [9.17, 15) is 9.59 Å². The largest absolute Gasteiger partial charge is 0.468 e. The Labute approximate surface area is 72.1 Å². The fourth-order valence-electron chi connectivity index (χ4n) is 1.66. The van der Waals surface area contributed by atoms with Gasteiger partial charge in [-0.15, -0.1) is 0 Å². The van der Waals surface area contributed by atoms with Gasteiger partial charge >= 0.3 is 5.97 Å². The van der Waals surface area contributed by atoms with Gasteiger partial charge in [-0.1, -0.05) is 13.3 Å². The summed E-state index contributed by atoms with van der Waals surface area (Å²) in [6.45, 7) is 1.78. The standard InChI is InChI=1S/C9H14O3/c1-3-7(10)9(5-4-6-9)8(11)12-2/h3-6H2,1-2H3. The zero-order valence-electron chi connectivity index (χ0n) is 7.55. The summed E-state index contributed by atoms with van der Waals surface area (Å²) in [5.74, 6) is -0.318. The molecule has 0 unspecified atom stereocenters. The summed E-state index contributed by atoms with van der Waals surface area (Å²) in [5, 5.41) is 0. The van der Waals surface area contributed by atoms with Crippen LogP contribution in [0.3, 0.4) is 0 Å². The van der Waals surface area contributed by atoms with Crippen molar-refractivity contribution in [1.29, 1.82) is 0 Å². The van der Waals surface area contributed by atoms with Crippen LogP contribution in [-0.4, -0.2) is 18.9 Å². The van der Waals surface area contributed by atoms with Crippen molar-refractivity contribution in [1.82, 2.24) is 0 Å². The van der Waals surface area contributed by atoms with E-state index in [-0.39, 0.29) is 11.8 Å². The predicted molar refractivity (Wildman–Crippen MR) is 43.6 cm³/mol. The molecule has 0 atom stereocenters. The molecule has 0 bridgehead atoms. The first kappa shape index (κ1) is 9.23. The van der Waals surface area contributed by atoms with Crippen molar-refractivity contribution >= 4 is 11.8 Å². The first-order chi connectivity index (χ1) is 5.67. The lowest BCUT2D eigenvalue weighted by atomic mass is 9.65. The van der Waals surface area contributed by atoms with Gasteiger partial charge in [-0.3, -0.25) is 9.59 Å². The normalized spacial score (nSPS) is 19.5. The molecule has 1 rings (SSSR count). The number of ether oxygens (including phenoxy) is 1. The van der Waals surface area contributed by atoms with E-state index in [0.29, 0.717) is 19.3 Å². The number of esters is 1. The van der Waals surface area contributed by atoms with Gasteiger partial charge in [0.05, 0.1) is 7.11 Å². The number of hydrogen-bond donors (Lipinski definition) is 0. The van der Waals surface area contributed by atoms with Crippen LogP contribution in [0.5, 0.6) is 0 Å². The lowest BCUT2D eigenvalue weighted by Crippen LogP contribution is -2.45. The monoisotopic (exact) mass is 170 g/mol. The summed E-state index contributed by atoms with van der Waals surface area (Å²) in [6, 6.07) is 0. The molecular weight excluding hydrogens is 156 g/mol. The van der Waals surface area contributed by atoms with E-state index in [4.69, 9.17) is 0 Å². The van der Waals surface area contributed by atoms with Gasteiger partial charge in [0.1, 0.15) is 11.2 Å². The summed E-state index contributed by atoms with van der Waals surface area (Å²) in [5.41, 5.74) is -0.760. The number of carbonyl (C=O) groups excluding carboxylic acids is 2. The van der Waals surface area contributed by atoms with Crippen LogP contribution in [0.15, 0.2) is 0 Å². The molecule has 3 nitrogen and oxygen atoms in total. The zero-order chi connectivity index (χ0) is 9.19. The molecular formula is C9H14O3. The summed E-state index contributed by atoms with van der Waals surface area (Å²) in [7, 11) is 1.34. The van der Waals surface area contributed by atoms with E-state index >= 15 is 0 Å². The van der Waals surface area contributed by atoms with E-state index in [2.05, 4.69) is 4.74 Å². The average molecular weight is 170 g/mol. The number of carbonyl (C=O) groups is 2. The third-order valence-corrected chi connectivity index (χ3v) is 2.64. The van der Waals surface area contributed by atoms with Gasteiger partial charge in [-0.25, -0.2) is 0 Å². The molecule has 0 saturated heterocycles. The molecule has 0 aromatic rings. The molecule has 1 aliphatic rings. The Bertz CT molecular complexity index is 186. The second-order valence-corrected chi connectivity index (χ2v) is 3.20. The van der Waals surface area contributed by atoms with Crippen molar-refractivity contribution in [3.8, 4) is 0 Å². The smallest absolute Gasteiger partial charge is 0.319 e. The highest BCUT2D eigenvalue weighted by atomic mass is 16.5. The van der Waals surface area contributed by atoms with E-state index in [1.54, 1.807) is 6.92 Å². The van der Waals surface area contributed by atoms with Gasteiger partial charge in [-0.2, -0.15) is 0 Å². The topological polar surface area (TPSA) is 43.4 Å². The predicted octanol–water partition coefficient (Wildman–Crippen LogP) is 1.31. The van der Waals surface area contributed by atoms with E-state index < -0.39 is 5.41 Å². The highest BCUT2D eigenvalue weighted by Crippen LogP contribution is 2.43. The van der Waals surface area contributed by atoms with Crippen LogP contribution in [0.1, 0.15) is 32.6 Å². The SMILES string of the molecule is CCC(=O)C1(C(=O)OC)CCC1.